The Labute approximate surface area is 114 Å². The minimum Gasteiger partial charge on any atom is -0.311 e. The fourth-order valence-corrected chi connectivity index (χ4v) is 4.54. The SMILES string of the molecule is Fc1cccc(C2CC(NC3CC4CCC3C4)C2)c1. The quantitative estimate of drug-likeness (QED) is 0.869. The summed E-state index contributed by atoms with van der Waals surface area (Å²) in [4.78, 5) is 0. The normalized spacial score (nSPS) is 40.4. The monoisotopic (exact) mass is 259 g/mol. The topological polar surface area (TPSA) is 12.0 Å². The zero-order chi connectivity index (χ0) is 12.8. The lowest BCUT2D eigenvalue weighted by atomic mass is 9.75. The van der Waals surface area contributed by atoms with Gasteiger partial charge in [-0.1, -0.05) is 18.6 Å². The van der Waals surface area contributed by atoms with Gasteiger partial charge < -0.3 is 5.32 Å². The largest absolute Gasteiger partial charge is 0.311 e. The van der Waals surface area contributed by atoms with E-state index in [4.69, 9.17) is 0 Å². The molecule has 3 atom stereocenters. The van der Waals surface area contributed by atoms with Gasteiger partial charge in [0, 0.05) is 12.1 Å². The van der Waals surface area contributed by atoms with Crippen molar-refractivity contribution in [3.8, 4) is 0 Å². The summed E-state index contributed by atoms with van der Waals surface area (Å²) in [5, 5.41) is 3.87. The van der Waals surface area contributed by atoms with Gasteiger partial charge in [0.05, 0.1) is 0 Å². The van der Waals surface area contributed by atoms with Gasteiger partial charge in [-0.25, -0.2) is 4.39 Å². The molecule has 1 aromatic rings. The molecule has 1 aromatic carbocycles. The van der Waals surface area contributed by atoms with Crippen molar-refractivity contribution in [2.75, 3.05) is 0 Å². The first kappa shape index (κ1) is 11.9. The first-order valence-electron chi connectivity index (χ1n) is 7.79. The maximum atomic E-state index is 13.2. The Bertz CT molecular complexity index is 466. The summed E-state index contributed by atoms with van der Waals surface area (Å²) >= 11 is 0. The number of nitrogens with one attached hydrogen (secondary N) is 1. The van der Waals surface area contributed by atoms with E-state index in [0.717, 1.165) is 17.9 Å². The van der Waals surface area contributed by atoms with Crippen molar-refractivity contribution < 1.29 is 4.39 Å². The van der Waals surface area contributed by atoms with Gasteiger partial charge in [0.2, 0.25) is 0 Å². The van der Waals surface area contributed by atoms with E-state index in [1.54, 1.807) is 6.07 Å². The van der Waals surface area contributed by atoms with Crippen LogP contribution in [-0.2, 0) is 0 Å². The Morgan fingerprint density at radius 1 is 1.05 bits per heavy atom. The third-order valence-electron chi connectivity index (χ3n) is 5.65. The van der Waals surface area contributed by atoms with Crippen LogP contribution in [0, 0.1) is 17.7 Å². The molecule has 19 heavy (non-hydrogen) atoms. The fraction of sp³-hybridized carbons (Fsp3) is 0.647. The molecule has 2 bridgehead atoms. The molecule has 4 rings (SSSR count). The summed E-state index contributed by atoms with van der Waals surface area (Å²) in [6.07, 6.45) is 8.18. The van der Waals surface area contributed by atoms with E-state index in [-0.39, 0.29) is 5.82 Å². The average Bonchev–Trinajstić information content (AvgIpc) is 2.95. The van der Waals surface area contributed by atoms with Gasteiger partial charge in [0.1, 0.15) is 5.82 Å². The third-order valence-corrected chi connectivity index (χ3v) is 5.65. The molecule has 3 fully saturated rings. The minimum atomic E-state index is -0.0954. The number of hydrogen-bond donors (Lipinski definition) is 1. The Balaban J connectivity index is 1.31. The van der Waals surface area contributed by atoms with Crippen molar-refractivity contribution in [1.82, 2.24) is 5.32 Å². The van der Waals surface area contributed by atoms with E-state index >= 15 is 0 Å². The first-order chi connectivity index (χ1) is 9.28. The maximum absolute atomic E-state index is 13.2. The van der Waals surface area contributed by atoms with Gasteiger partial charge in [-0.2, -0.15) is 0 Å². The van der Waals surface area contributed by atoms with E-state index < -0.39 is 0 Å². The highest BCUT2D eigenvalue weighted by atomic mass is 19.1. The van der Waals surface area contributed by atoms with Crippen LogP contribution < -0.4 is 5.32 Å². The molecule has 0 heterocycles. The Hall–Kier alpha value is -0.890. The van der Waals surface area contributed by atoms with E-state index in [0.29, 0.717) is 12.0 Å². The van der Waals surface area contributed by atoms with Crippen LogP contribution in [-0.4, -0.2) is 12.1 Å². The maximum Gasteiger partial charge on any atom is 0.123 e. The molecular weight excluding hydrogens is 237 g/mol. The van der Waals surface area contributed by atoms with Crippen molar-refractivity contribution in [2.45, 2.75) is 56.5 Å². The molecule has 0 radical (unpaired) electrons. The molecule has 0 amide bonds. The Kier molecular flexibility index (Phi) is 2.87. The van der Waals surface area contributed by atoms with E-state index in [1.165, 1.54) is 50.2 Å². The average molecular weight is 259 g/mol. The number of hydrogen-bond acceptors (Lipinski definition) is 1. The lowest BCUT2D eigenvalue weighted by molar-refractivity contribution is 0.229. The summed E-state index contributed by atoms with van der Waals surface area (Å²) in [7, 11) is 0. The Morgan fingerprint density at radius 3 is 2.63 bits per heavy atom. The second-order valence-electron chi connectivity index (χ2n) is 6.87. The van der Waals surface area contributed by atoms with Crippen LogP contribution in [0.2, 0.25) is 0 Å². The smallest absolute Gasteiger partial charge is 0.123 e. The number of fused-ring (bicyclic) bond motifs is 2. The lowest BCUT2D eigenvalue weighted by Crippen LogP contribution is -2.47. The number of rotatable bonds is 3. The van der Waals surface area contributed by atoms with Crippen LogP contribution in [0.25, 0.3) is 0 Å². The van der Waals surface area contributed by atoms with Gasteiger partial charge in [0.25, 0.3) is 0 Å². The second-order valence-corrected chi connectivity index (χ2v) is 6.87. The minimum absolute atomic E-state index is 0.0954. The van der Waals surface area contributed by atoms with Crippen LogP contribution >= 0.6 is 0 Å². The van der Waals surface area contributed by atoms with Crippen LogP contribution in [0.3, 0.4) is 0 Å². The molecule has 1 nitrogen and oxygen atoms in total. The highest BCUT2D eigenvalue weighted by Crippen LogP contribution is 2.46. The molecule has 3 unspecified atom stereocenters. The van der Waals surface area contributed by atoms with Crippen LogP contribution in [0.15, 0.2) is 24.3 Å². The van der Waals surface area contributed by atoms with E-state index in [1.807, 2.05) is 6.07 Å². The molecule has 0 aromatic heterocycles. The molecule has 0 spiro atoms. The van der Waals surface area contributed by atoms with Crippen molar-refractivity contribution in [2.24, 2.45) is 11.8 Å². The van der Waals surface area contributed by atoms with Gasteiger partial charge >= 0.3 is 0 Å². The first-order valence-corrected chi connectivity index (χ1v) is 7.79. The standard InChI is InChI=1S/C17H22FN/c18-15-3-1-2-12(8-15)14-9-16(10-14)19-17-7-11-4-5-13(17)6-11/h1-3,8,11,13-14,16-17,19H,4-7,9-10H2. The summed E-state index contributed by atoms with van der Waals surface area (Å²) in [6.45, 7) is 0. The molecule has 3 aliphatic rings. The van der Waals surface area contributed by atoms with Crippen LogP contribution in [0.1, 0.15) is 50.0 Å². The van der Waals surface area contributed by atoms with Crippen molar-refractivity contribution in [3.63, 3.8) is 0 Å². The number of halogens is 1. The molecule has 0 saturated heterocycles. The van der Waals surface area contributed by atoms with E-state index in [9.17, 15) is 4.39 Å². The zero-order valence-electron chi connectivity index (χ0n) is 11.3. The molecule has 3 aliphatic carbocycles. The number of benzene rings is 1. The fourth-order valence-electron chi connectivity index (χ4n) is 4.54. The molecule has 102 valence electrons. The summed E-state index contributed by atoms with van der Waals surface area (Å²) in [5.74, 6) is 2.45. The highest BCUT2D eigenvalue weighted by molar-refractivity contribution is 5.24. The third kappa shape index (κ3) is 2.20. The summed E-state index contributed by atoms with van der Waals surface area (Å²) < 4.78 is 13.2. The van der Waals surface area contributed by atoms with Crippen LogP contribution in [0.5, 0.6) is 0 Å². The van der Waals surface area contributed by atoms with Crippen molar-refractivity contribution >= 4 is 0 Å². The second kappa shape index (κ2) is 4.59. The highest BCUT2D eigenvalue weighted by Gasteiger charge is 2.41. The van der Waals surface area contributed by atoms with Crippen LogP contribution in [0.4, 0.5) is 4.39 Å². The predicted molar refractivity (Wildman–Crippen MR) is 74.5 cm³/mol. The van der Waals surface area contributed by atoms with Gasteiger partial charge in [-0.15, -0.1) is 0 Å². The van der Waals surface area contributed by atoms with Crippen molar-refractivity contribution in [3.05, 3.63) is 35.6 Å². The molecule has 2 heteroatoms. The van der Waals surface area contributed by atoms with Gasteiger partial charge in [-0.3, -0.25) is 0 Å². The van der Waals surface area contributed by atoms with Gasteiger partial charge in [-0.05, 0) is 67.6 Å². The summed E-state index contributed by atoms with van der Waals surface area (Å²) in [5.41, 5.74) is 1.19. The van der Waals surface area contributed by atoms with E-state index in [2.05, 4.69) is 11.4 Å². The van der Waals surface area contributed by atoms with Crippen molar-refractivity contribution in [1.29, 1.82) is 0 Å². The Morgan fingerprint density at radius 2 is 1.95 bits per heavy atom. The summed E-state index contributed by atoms with van der Waals surface area (Å²) in [6, 6.07) is 8.61. The predicted octanol–water partition coefficient (Wildman–Crippen LogP) is 3.85. The molecule has 1 N–H and O–H groups in total. The lowest BCUT2D eigenvalue weighted by Gasteiger charge is -2.40. The molecular formula is C17H22FN. The zero-order valence-corrected chi connectivity index (χ0v) is 11.3. The van der Waals surface area contributed by atoms with Gasteiger partial charge in [0.15, 0.2) is 0 Å². The molecule has 0 aliphatic heterocycles. The molecule has 3 saturated carbocycles.